The number of hydrogen-bond acceptors (Lipinski definition) is 3. The van der Waals surface area contributed by atoms with Gasteiger partial charge < -0.3 is 4.74 Å². The van der Waals surface area contributed by atoms with Crippen LogP contribution in [0.15, 0.2) is 18.2 Å². The molecule has 0 aliphatic carbocycles. The van der Waals surface area contributed by atoms with Crippen molar-refractivity contribution in [2.45, 2.75) is 25.9 Å². The Labute approximate surface area is 111 Å². The summed E-state index contributed by atoms with van der Waals surface area (Å²) < 4.78 is 4.70. The Morgan fingerprint density at radius 3 is 2.65 bits per heavy atom. The van der Waals surface area contributed by atoms with E-state index < -0.39 is 5.54 Å². The van der Waals surface area contributed by atoms with Gasteiger partial charge in [0.05, 0.1) is 17.2 Å². The number of esters is 1. The molecule has 0 bridgehead atoms. The molecule has 1 aromatic rings. The number of nitrogens with one attached hydrogen (secondary N) is 1. The predicted molar refractivity (Wildman–Crippen MR) is 69.4 cm³/mol. The summed E-state index contributed by atoms with van der Waals surface area (Å²) in [5, 5.41) is 4.08. The predicted octanol–water partition coefficient (Wildman–Crippen LogP) is 3.03. The molecule has 0 saturated heterocycles. The smallest absolute Gasteiger partial charge is 0.325 e. The molecule has 1 N–H and O–H groups in total. The van der Waals surface area contributed by atoms with E-state index in [1.165, 1.54) is 7.11 Å². The van der Waals surface area contributed by atoms with Gasteiger partial charge in [0, 0.05) is 6.54 Å². The Hall–Kier alpha value is -0.770. The van der Waals surface area contributed by atoms with Gasteiger partial charge in [-0.2, -0.15) is 0 Å². The zero-order valence-corrected chi connectivity index (χ0v) is 11.5. The average molecular weight is 276 g/mol. The first-order valence-corrected chi connectivity index (χ1v) is 5.90. The van der Waals surface area contributed by atoms with Crippen LogP contribution in [0.3, 0.4) is 0 Å². The topological polar surface area (TPSA) is 38.3 Å². The summed E-state index contributed by atoms with van der Waals surface area (Å²) in [7, 11) is 1.36. The molecule has 1 aromatic carbocycles. The quantitative estimate of drug-likeness (QED) is 0.859. The molecule has 0 radical (unpaired) electrons. The van der Waals surface area contributed by atoms with Crippen molar-refractivity contribution in [1.29, 1.82) is 0 Å². The van der Waals surface area contributed by atoms with Crippen molar-refractivity contribution in [1.82, 2.24) is 5.32 Å². The normalized spacial score (nSPS) is 11.4. The average Bonchev–Trinajstić information content (AvgIpc) is 2.30. The minimum absolute atomic E-state index is 0.323. The second-order valence-corrected chi connectivity index (χ2v) is 4.97. The van der Waals surface area contributed by atoms with E-state index in [9.17, 15) is 4.79 Å². The first-order chi connectivity index (χ1) is 7.88. The number of halogens is 2. The number of hydrogen-bond donors (Lipinski definition) is 1. The van der Waals surface area contributed by atoms with E-state index in [1.807, 2.05) is 12.1 Å². The third-order valence-electron chi connectivity index (χ3n) is 2.45. The third kappa shape index (κ3) is 3.60. The fraction of sp³-hybridized carbons (Fsp3) is 0.417. The maximum Gasteiger partial charge on any atom is 0.325 e. The maximum absolute atomic E-state index is 11.5. The highest BCUT2D eigenvalue weighted by Gasteiger charge is 2.27. The van der Waals surface area contributed by atoms with Crippen LogP contribution in [0.2, 0.25) is 10.0 Å². The van der Waals surface area contributed by atoms with Crippen molar-refractivity contribution in [3.05, 3.63) is 33.8 Å². The van der Waals surface area contributed by atoms with E-state index >= 15 is 0 Å². The number of methoxy groups -OCH3 is 1. The first kappa shape index (κ1) is 14.3. The summed E-state index contributed by atoms with van der Waals surface area (Å²) in [6.07, 6.45) is 0. The van der Waals surface area contributed by atoms with Crippen molar-refractivity contribution in [2.75, 3.05) is 7.11 Å². The number of benzene rings is 1. The molecule has 5 heteroatoms. The monoisotopic (exact) mass is 275 g/mol. The second kappa shape index (κ2) is 5.71. The summed E-state index contributed by atoms with van der Waals surface area (Å²) in [4.78, 5) is 11.5. The molecule has 0 aliphatic heterocycles. The van der Waals surface area contributed by atoms with Crippen molar-refractivity contribution >= 4 is 29.2 Å². The van der Waals surface area contributed by atoms with Gasteiger partial charge in [0.15, 0.2) is 0 Å². The lowest BCUT2D eigenvalue weighted by Gasteiger charge is -2.23. The van der Waals surface area contributed by atoms with E-state index in [-0.39, 0.29) is 5.97 Å². The second-order valence-electron chi connectivity index (χ2n) is 4.18. The molecular weight excluding hydrogens is 261 g/mol. The number of carbonyl (C=O) groups is 1. The van der Waals surface area contributed by atoms with Gasteiger partial charge in [0.25, 0.3) is 0 Å². The largest absolute Gasteiger partial charge is 0.468 e. The van der Waals surface area contributed by atoms with E-state index in [4.69, 9.17) is 27.9 Å². The van der Waals surface area contributed by atoms with Crippen LogP contribution in [-0.4, -0.2) is 18.6 Å². The van der Waals surface area contributed by atoms with Crippen molar-refractivity contribution in [3.8, 4) is 0 Å². The van der Waals surface area contributed by atoms with Gasteiger partial charge in [0.2, 0.25) is 0 Å². The van der Waals surface area contributed by atoms with Crippen LogP contribution in [0.4, 0.5) is 0 Å². The molecule has 0 unspecified atom stereocenters. The van der Waals surface area contributed by atoms with Crippen molar-refractivity contribution in [2.24, 2.45) is 0 Å². The van der Waals surface area contributed by atoms with Crippen LogP contribution >= 0.6 is 23.2 Å². The fourth-order valence-corrected chi connectivity index (χ4v) is 1.72. The Morgan fingerprint density at radius 2 is 2.06 bits per heavy atom. The van der Waals surface area contributed by atoms with E-state index in [2.05, 4.69) is 5.32 Å². The highest BCUT2D eigenvalue weighted by molar-refractivity contribution is 6.42. The van der Waals surface area contributed by atoms with Crippen LogP contribution in [0.5, 0.6) is 0 Å². The molecule has 3 nitrogen and oxygen atoms in total. The Kier molecular flexibility index (Phi) is 4.80. The molecule has 0 atom stereocenters. The summed E-state index contributed by atoms with van der Waals surface area (Å²) in [6, 6.07) is 5.39. The van der Waals surface area contributed by atoms with Gasteiger partial charge in [-0.3, -0.25) is 10.1 Å². The molecule has 0 heterocycles. The summed E-state index contributed by atoms with van der Waals surface area (Å²) >= 11 is 11.9. The SMILES string of the molecule is COC(=O)C(C)(C)NCc1cccc(Cl)c1Cl. The molecule has 0 fully saturated rings. The van der Waals surface area contributed by atoms with E-state index in [0.29, 0.717) is 16.6 Å². The Morgan fingerprint density at radius 1 is 1.41 bits per heavy atom. The number of rotatable bonds is 4. The van der Waals surface area contributed by atoms with Crippen LogP contribution in [0.25, 0.3) is 0 Å². The van der Waals surface area contributed by atoms with Crippen LogP contribution in [-0.2, 0) is 16.1 Å². The lowest BCUT2D eigenvalue weighted by Crippen LogP contribution is -2.47. The van der Waals surface area contributed by atoms with Gasteiger partial charge in [-0.25, -0.2) is 0 Å². The summed E-state index contributed by atoms with van der Waals surface area (Å²) in [5.74, 6) is -0.323. The molecule has 0 amide bonds. The Bertz CT molecular complexity index is 419. The lowest BCUT2D eigenvalue weighted by molar-refractivity contribution is -0.147. The zero-order valence-electron chi connectivity index (χ0n) is 10.0. The summed E-state index contributed by atoms with van der Waals surface area (Å²) in [5.41, 5.74) is 0.0802. The molecule has 1 rings (SSSR count). The highest BCUT2D eigenvalue weighted by atomic mass is 35.5. The highest BCUT2D eigenvalue weighted by Crippen LogP contribution is 2.25. The van der Waals surface area contributed by atoms with Crippen molar-refractivity contribution in [3.63, 3.8) is 0 Å². The van der Waals surface area contributed by atoms with Gasteiger partial charge >= 0.3 is 5.97 Å². The minimum atomic E-state index is -0.763. The molecule has 0 saturated carbocycles. The van der Waals surface area contributed by atoms with Gasteiger partial charge in [0.1, 0.15) is 5.54 Å². The van der Waals surface area contributed by atoms with Gasteiger partial charge in [-0.15, -0.1) is 0 Å². The maximum atomic E-state index is 11.5. The molecule has 0 aromatic heterocycles. The molecular formula is C12H15Cl2NO2. The lowest BCUT2D eigenvalue weighted by atomic mass is 10.1. The van der Waals surface area contributed by atoms with E-state index in [0.717, 1.165) is 5.56 Å². The van der Waals surface area contributed by atoms with Gasteiger partial charge in [-0.05, 0) is 25.5 Å². The van der Waals surface area contributed by atoms with Crippen molar-refractivity contribution < 1.29 is 9.53 Å². The van der Waals surface area contributed by atoms with Crippen LogP contribution < -0.4 is 5.32 Å². The summed E-state index contributed by atoms with van der Waals surface area (Å²) in [6.45, 7) is 3.94. The molecule has 94 valence electrons. The van der Waals surface area contributed by atoms with Crippen LogP contribution in [0, 0.1) is 0 Å². The zero-order chi connectivity index (χ0) is 13.1. The first-order valence-electron chi connectivity index (χ1n) is 5.15. The molecule has 17 heavy (non-hydrogen) atoms. The molecule has 0 spiro atoms. The molecule has 0 aliphatic rings. The standard InChI is InChI=1S/C12H15Cl2NO2/c1-12(2,11(16)17-3)15-7-8-5-4-6-9(13)10(8)14/h4-6,15H,7H2,1-3H3. The van der Waals surface area contributed by atoms with Crippen LogP contribution in [0.1, 0.15) is 19.4 Å². The van der Waals surface area contributed by atoms with E-state index in [1.54, 1.807) is 19.9 Å². The van der Waals surface area contributed by atoms with Gasteiger partial charge in [-0.1, -0.05) is 35.3 Å². The number of ether oxygens (including phenoxy) is 1. The minimum Gasteiger partial charge on any atom is -0.468 e. The third-order valence-corrected chi connectivity index (χ3v) is 3.31. The number of carbonyl (C=O) groups excluding carboxylic acids is 1. The fourth-order valence-electron chi connectivity index (χ4n) is 1.33. The Balaban J connectivity index is 2.74.